The van der Waals surface area contributed by atoms with Gasteiger partial charge in [0.25, 0.3) is 0 Å². The monoisotopic (exact) mass is 268 g/mol. The van der Waals surface area contributed by atoms with Crippen molar-refractivity contribution < 1.29 is 4.43 Å². The van der Waals surface area contributed by atoms with E-state index in [4.69, 9.17) is 4.43 Å². The van der Waals surface area contributed by atoms with E-state index >= 15 is 0 Å². The Morgan fingerprint density at radius 3 is 2.17 bits per heavy atom. The van der Waals surface area contributed by atoms with Crippen LogP contribution in [0.2, 0.25) is 18.1 Å². The summed E-state index contributed by atoms with van der Waals surface area (Å²) in [6.45, 7) is 12.6. The van der Waals surface area contributed by atoms with E-state index in [0.717, 1.165) is 6.61 Å². The van der Waals surface area contributed by atoms with Gasteiger partial charge in [0.1, 0.15) is 0 Å². The zero-order chi connectivity index (χ0) is 13.6. The Labute approximate surface area is 115 Å². The van der Waals surface area contributed by atoms with Gasteiger partial charge in [-0.25, -0.2) is 0 Å². The molecule has 0 radical (unpaired) electrons. The highest BCUT2D eigenvalue weighted by Crippen LogP contribution is 2.36. The molecule has 1 aliphatic carbocycles. The fraction of sp³-hybridized carbons (Fsp3) is 0.875. The molecule has 0 atom stereocenters. The smallest absolute Gasteiger partial charge is 0.191 e. The SMILES string of the molecule is CC(C)(C)[Si](C)(C)OCCCCCCCC1=CC1. The van der Waals surface area contributed by atoms with Crippen LogP contribution >= 0.6 is 0 Å². The molecule has 0 aromatic rings. The van der Waals surface area contributed by atoms with E-state index in [2.05, 4.69) is 39.9 Å². The van der Waals surface area contributed by atoms with E-state index < -0.39 is 8.32 Å². The van der Waals surface area contributed by atoms with Gasteiger partial charge in [-0.15, -0.1) is 0 Å². The second-order valence-corrected chi connectivity index (χ2v) is 12.0. The van der Waals surface area contributed by atoms with Crippen molar-refractivity contribution in [1.29, 1.82) is 0 Å². The molecular weight excluding hydrogens is 236 g/mol. The van der Waals surface area contributed by atoms with Crippen molar-refractivity contribution in [1.82, 2.24) is 0 Å². The Morgan fingerprint density at radius 1 is 1.06 bits per heavy atom. The number of rotatable bonds is 9. The summed E-state index contributed by atoms with van der Waals surface area (Å²) < 4.78 is 6.18. The van der Waals surface area contributed by atoms with Crippen LogP contribution in [0.25, 0.3) is 0 Å². The van der Waals surface area contributed by atoms with E-state index in [9.17, 15) is 0 Å². The average molecular weight is 269 g/mol. The molecule has 1 rings (SSSR count). The molecule has 106 valence electrons. The van der Waals surface area contributed by atoms with E-state index in [0.29, 0.717) is 5.04 Å². The zero-order valence-electron chi connectivity index (χ0n) is 13.1. The third-order valence-corrected chi connectivity index (χ3v) is 8.94. The van der Waals surface area contributed by atoms with Crippen molar-refractivity contribution in [3.8, 4) is 0 Å². The number of allylic oxidation sites excluding steroid dienone is 2. The van der Waals surface area contributed by atoms with Gasteiger partial charge in [-0.3, -0.25) is 0 Å². The second kappa shape index (κ2) is 6.90. The molecule has 0 aliphatic heterocycles. The van der Waals surface area contributed by atoms with Gasteiger partial charge in [0.05, 0.1) is 0 Å². The summed E-state index contributed by atoms with van der Waals surface area (Å²) in [6, 6.07) is 0. The number of hydrogen-bond donors (Lipinski definition) is 0. The van der Waals surface area contributed by atoms with Crippen LogP contribution in [-0.2, 0) is 4.43 Å². The van der Waals surface area contributed by atoms with Crippen molar-refractivity contribution in [3.63, 3.8) is 0 Å². The highest BCUT2D eigenvalue weighted by Gasteiger charge is 2.36. The summed E-state index contributed by atoms with van der Waals surface area (Å²) in [6.07, 6.45) is 11.8. The van der Waals surface area contributed by atoms with E-state index in [1.165, 1.54) is 44.9 Å². The Bertz CT molecular complexity index is 273. The van der Waals surface area contributed by atoms with Gasteiger partial charge in [0, 0.05) is 6.61 Å². The molecule has 0 spiro atoms. The molecule has 18 heavy (non-hydrogen) atoms. The number of unbranched alkanes of at least 4 members (excludes halogenated alkanes) is 4. The average Bonchev–Trinajstić information content (AvgIpc) is 3.04. The van der Waals surface area contributed by atoms with Crippen molar-refractivity contribution in [2.75, 3.05) is 6.61 Å². The van der Waals surface area contributed by atoms with Gasteiger partial charge in [-0.2, -0.15) is 0 Å². The minimum absolute atomic E-state index is 0.352. The molecule has 1 aliphatic rings. The number of hydrogen-bond acceptors (Lipinski definition) is 1. The van der Waals surface area contributed by atoms with Crippen molar-refractivity contribution in [2.24, 2.45) is 0 Å². The van der Waals surface area contributed by atoms with Crippen LogP contribution in [0.5, 0.6) is 0 Å². The van der Waals surface area contributed by atoms with Gasteiger partial charge in [0.2, 0.25) is 0 Å². The van der Waals surface area contributed by atoms with Crippen LogP contribution in [0.1, 0.15) is 65.7 Å². The van der Waals surface area contributed by atoms with Crippen LogP contribution in [0.15, 0.2) is 11.6 Å². The first-order valence-corrected chi connectivity index (χ1v) is 10.6. The third kappa shape index (κ3) is 6.19. The summed E-state index contributed by atoms with van der Waals surface area (Å²) in [5, 5.41) is 0.352. The first-order chi connectivity index (χ1) is 8.33. The molecule has 0 aromatic heterocycles. The quantitative estimate of drug-likeness (QED) is 0.297. The Kier molecular flexibility index (Phi) is 6.13. The van der Waals surface area contributed by atoms with Crippen LogP contribution in [-0.4, -0.2) is 14.9 Å². The van der Waals surface area contributed by atoms with Crippen LogP contribution in [0.4, 0.5) is 0 Å². The maximum absolute atomic E-state index is 6.18. The van der Waals surface area contributed by atoms with Crippen molar-refractivity contribution in [2.45, 2.75) is 83.8 Å². The minimum Gasteiger partial charge on any atom is -0.417 e. The van der Waals surface area contributed by atoms with Crippen LogP contribution < -0.4 is 0 Å². The maximum atomic E-state index is 6.18. The largest absolute Gasteiger partial charge is 0.417 e. The van der Waals surface area contributed by atoms with E-state index in [1.54, 1.807) is 5.57 Å². The summed E-state index contributed by atoms with van der Waals surface area (Å²) in [5.41, 5.74) is 1.69. The predicted molar refractivity (Wildman–Crippen MR) is 83.6 cm³/mol. The summed E-state index contributed by atoms with van der Waals surface area (Å²) in [7, 11) is -1.49. The molecule has 0 saturated heterocycles. The Balaban J connectivity index is 1.92. The molecule has 0 bridgehead atoms. The molecule has 0 unspecified atom stereocenters. The summed E-state index contributed by atoms with van der Waals surface area (Å²) in [5.74, 6) is 0. The normalized spacial score (nSPS) is 15.7. The first kappa shape index (κ1) is 16.0. The lowest BCUT2D eigenvalue weighted by molar-refractivity contribution is 0.277. The zero-order valence-corrected chi connectivity index (χ0v) is 14.1. The lowest BCUT2D eigenvalue weighted by Gasteiger charge is -2.36. The molecular formula is C16H32OSi. The van der Waals surface area contributed by atoms with Crippen LogP contribution in [0, 0.1) is 0 Å². The third-order valence-electron chi connectivity index (χ3n) is 4.40. The first-order valence-electron chi connectivity index (χ1n) is 7.65. The lowest BCUT2D eigenvalue weighted by Crippen LogP contribution is -2.40. The second-order valence-electron chi connectivity index (χ2n) is 7.19. The lowest BCUT2D eigenvalue weighted by atomic mass is 10.1. The van der Waals surface area contributed by atoms with Gasteiger partial charge < -0.3 is 4.43 Å². The fourth-order valence-corrected chi connectivity index (χ4v) is 2.89. The highest BCUT2D eigenvalue weighted by atomic mass is 28.4. The van der Waals surface area contributed by atoms with Crippen molar-refractivity contribution >= 4 is 8.32 Å². The topological polar surface area (TPSA) is 9.23 Å². The van der Waals surface area contributed by atoms with E-state index in [1.807, 2.05) is 0 Å². The van der Waals surface area contributed by atoms with Crippen LogP contribution in [0.3, 0.4) is 0 Å². The Morgan fingerprint density at radius 2 is 1.61 bits per heavy atom. The molecule has 0 aromatic carbocycles. The van der Waals surface area contributed by atoms with Gasteiger partial charge in [-0.05, 0) is 43.8 Å². The van der Waals surface area contributed by atoms with Gasteiger partial charge in [0.15, 0.2) is 8.32 Å². The van der Waals surface area contributed by atoms with Crippen molar-refractivity contribution in [3.05, 3.63) is 11.6 Å². The standard InChI is InChI=1S/C16H32OSi/c1-16(2,3)18(4,5)17-14-10-8-6-7-9-11-15-12-13-15/h12H,6-11,13-14H2,1-5H3. The van der Waals surface area contributed by atoms with E-state index in [-0.39, 0.29) is 0 Å². The summed E-state index contributed by atoms with van der Waals surface area (Å²) >= 11 is 0. The molecule has 0 N–H and O–H groups in total. The fourth-order valence-electron chi connectivity index (χ4n) is 1.80. The van der Waals surface area contributed by atoms with Gasteiger partial charge >= 0.3 is 0 Å². The summed E-state index contributed by atoms with van der Waals surface area (Å²) in [4.78, 5) is 0. The molecule has 1 nitrogen and oxygen atoms in total. The minimum atomic E-state index is -1.49. The Hall–Kier alpha value is -0.0831. The molecule has 0 amide bonds. The van der Waals surface area contributed by atoms with Gasteiger partial charge in [-0.1, -0.05) is 51.7 Å². The molecule has 2 heteroatoms. The molecule has 0 fully saturated rings. The predicted octanol–water partition coefficient (Wildman–Crippen LogP) is 5.68. The molecule has 0 saturated carbocycles. The molecule has 0 heterocycles. The maximum Gasteiger partial charge on any atom is 0.191 e. The highest BCUT2D eigenvalue weighted by molar-refractivity contribution is 6.74.